The molecule has 0 saturated carbocycles. The lowest BCUT2D eigenvalue weighted by Gasteiger charge is -2.47. The molecular formula is C27H33O10P. The van der Waals surface area contributed by atoms with Gasteiger partial charge in [-0.15, -0.1) is 0 Å². The standard InChI is InChI=1S/C27H33O10P/c1-18(28)35-24-23(17-33-15-21-11-7-5-8-12-21)38(31,32-4)27(37-20(3)30)26(36-19(2)29)25(24)34-16-22-13-9-6-10-14-22/h5-14,23-27H,15-17H2,1-4H3/t23-,24+,25-,26+,27-,38+/m0/s1. The van der Waals surface area contributed by atoms with E-state index in [1.54, 1.807) is 0 Å². The molecule has 1 heterocycles. The summed E-state index contributed by atoms with van der Waals surface area (Å²) in [6.45, 7) is 3.54. The lowest BCUT2D eigenvalue weighted by molar-refractivity contribution is -0.196. The first-order valence-electron chi connectivity index (χ1n) is 12.1. The normalized spacial score (nSPS) is 26.8. The van der Waals surface area contributed by atoms with Gasteiger partial charge < -0.3 is 28.2 Å². The Kier molecular flexibility index (Phi) is 10.6. The van der Waals surface area contributed by atoms with Gasteiger partial charge in [-0.3, -0.25) is 18.9 Å². The minimum absolute atomic E-state index is 0.0443. The van der Waals surface area contributed by atoms with Crippen LogP contribution in [-0.2, 0) is 60.4 Å². The number of ether oxygens (including phenoxy) is 5. The van der Waals surface area contributed by atoms with Crippen molar-refractivity contribution in [2.75, 3.05) is 13.7 Å². The van der Waals surface area contributed by atoms with Crippen LogP contribution in [0.4, 0.5) is 0 Å². The van der Waals surface area contributed by atoms with E-state index >= 15 is 0 Å². The van der Waals surface area contributed by atoms with Crippen molar-refractivity contribution in [3.05, 3.63) is 71.8 Å². The van der Waals surface area contributed by atoms with Crippen molar-refractivity contribution in [2.24, 2.45) is 0 Å². The number of hydrogen-bond donors (Lipinski definition) is 0. The van der Waals surface area contributed by atoms with Gasteiger partial charge in [0.05, 0.1) is 19.8 Å². The van der Waals surface area contributed by atoms with Gasteiger partial charge in [0.2, 0.25) is 5.85 Å². The molecule has 2 aromatic rings. The predicted octanol–water partition coefficient (Wildman–Crippen LogP) is 3.85. The summed E-state index contributed by atoms with van der Waals surface area (Å²) in [5.41, 5.74) is 0.555. The van der Waals surface area contributed by atoms with Crippen LogP contribution >= 0.6 is 7.37 Å². The fourth-order valence-electron chi connectivity index (χ4n) is 4.40. The summed E-state index contributed by atoms with van der Waals surface area (Å²) in [5, 5.41) is 0. The second-order valence-electron chi connectivity index (χ2n) is 8.81. The Bertz CT molecular complexity index is 1120. The molecule has 0 N–H and O–H groups in total. The summed E-state index contributed by atoms with van der Waals surface area (Å²) >= 11 is 0. The molecule has 0 radical (unpaired) electrons. The lowest BCUT2D eigenvalue weighted by Crippen LogP contribution is -2.61. The quantitative estimate of drug-likeness (QED) is 0.232. The molecule has 1 saturated heterocycles. The monoisotopic (exact) mass is 548 g/mol. The summed E-state index contributed by atoms with van der Waals surface area (Å²) in [6.07, 6.45) is -3.76. The predicted molar refractivity (Wildman–Crippen MR) is 136 cm³/mol. The zero-order valence-electron chi connectivity index (χ0n) is 21.8. The molecule has 0 aromatic heterocycles. The summed E-state index contributed by atoms with van der Waals surface area (Å²) in [7, 11) is -2.85. The number of hydrogen-bond acceptors (Lipinski definition) is 10. The van der Waals surface area contributed by atoms with Crippen LogP contribution in [0.5, 0.6) is 0 Å². The van der Waals surface area contributed by atoms with Gasteiger partial charge in [0.25, 0.3) is 7.37 Å². The third kappa shape index (κ3) is 7.51. The highest BCUT2D eigenvalue weighted by molar-refractivity contribution is 7.60. The molecule has 0 bridgehead atoms. The van der Waals surface area contributed by atoms with Gasteiger partial charge in [-0.05, 0) is 11.1 Å². The Morgan fingerprint density at radius 1 is 0.711 bits per heavy atom. The first-order valence-corrected chi connectivity index (χ1v) is 13.9. The van der Waals surface area contributed by atoms with E-state index in [9.17, 15) is 18.9 Å². The highest BCUT2D eigenvalue weighted by atomic mass is 31.2. The first kappa shape index (κ1) is 29.5. The third-order valence-electron chi connectivity index (χ3n) is 5.99. The molecular weight excluding hydrogens is 515 g/mol. The molecule has 0 amide bonds. The van der Waals surface area contributed by atoms with Crippen molar-refractivity contribution >= 4 is 25.3 Å². The number of carbonyl (C=O) groups excluding carboxylic acids is 3. The van der Waals surface area contributed by atoms with Crippen molar-refractivity contribution in [1.29, 1.82) is 0 Å². The zero-order chi connectivity index (χ0) is 27.7. The van der Waals surface area contributed by atoms with Crippen LogP contribution in [0, 0.1) is 0 Å². The van der Waals surface area contributed by atoms with Crippen molar-refractivity contribution in [2.45, 2.75) is 63.8 Å². The number of carbonyl (C=O) groups is 3. The maximum atomic E-state index is 14.4. The fraction of sp³-hybridized carbons (Fsp3) is 0.444. The molecule has 38 heavy (non-hydrogen) atoms. The number of benzene rings is 2. The number of esters is 3. The summed E-state index contributed by atoms with van der Waals surface area (Å²) in [4.78, 5) is 36.4. The zero-order valence-corrected chi connectivity index (χ0v) is 22.7. The molecule has 0 unspecified atom stereocenters. The second kappa shape index (κ2) is 13.7. The van der Waals surface area contributed by atoms with E-state index in [-0.39, 0.29) is 19.8 Å². The smallest absolute Gasteiger partial charge is 0.303 e. The van der Waals surface area contributed by atoms with Gasteiger partial charge in [-0.25, -0.2) is 0 Å². The van der Waals surface area contributed by atoms with Crippen LogP contribution in [0.3, 0.4) is 0 Å². The van der Waals surface area contributed by atoms with Crippen molar-refractivity contribution in [3.63, 3.8) is 0 Å². The van der Waals surface area contributed by atoms with Crippen LogP contribution in [0.2, 0.25) is 0 Å². The van der Waals surface area contributed by atoms with Crippen LogP contribution in [0.25, 0.3) is 0 Å². The van der Waals surface area contributed by atoms with Crippen LogP contribution in [0.1, 0.15) is 31.9 Å². The molecule has 11 heteroatoms. The maximum absolute atomic E-state index is 14.4. The molecule has 1 aliphatic rings. The van der Waals surface area contributed by atoms with Crippen molar-refractivity contribution in [1.82, 2.24) is 0 Å². The van der Waals surface area contributed by atoms with Crippen LogP contribution in [0.15, 0.2) is 60.7 Å². The average molecular weight is 549 g/mol. The summed E-state index contributed by atoms with van der Waals surface area (Å²) < 4.78 is 48.6. The summed E-state index contributed by atoms with van der Waals surface area (Å²) in [5.74, 6) is -3.69. The van der Waals surface area contributed by atoms with E-state index in [1.807, 2.05) is 60.7 Å². The van der Waals surface area contributed by atoms with Crippen molar-refractivity contribution < 1.29 is 47.2 Å². The maximum Gasteiger partial charge on any atom is 0.303 e. The van der Waals surface area contributed by atoms with E-state index in [1.165, 1.54) is 14.0 Å². The van der Waals surface area contributed by atoms with E-state index in [0.29, 0.717) is 0 Å². The van der Waals surface area contributed by atoms with Crippen molar-refractivity contribution in [3.8, 4) is 0 Å². The molecule has 2 aromatic carbocycles. The van der Waals surface area contributed by atoms with Gasteiger partial charge >= 0.3 is 17.9 Å². The largest absolute Gasteiger partial charge is 0.459 e. The summed E-state index contributed by atoms with van der Waals surface area (Å²) in [6, 6.07) is 18.5. The third-order valence-corrected chi connectivity index (χ3v) is 9.03. The van der Waals surface area contributed by atoms with Gasteiger partial charge in [0.1, 0.15) is 17.9 Å². The molecule has 0 aliphatic carbocycles. The highest BCUT2D eigenvalue weighted by Crippen LogP contribution is 2.63. The van der Waals surface area contributed by atoms with Gasteiger partial charge in [-0.1, -0.05) is 60.7 Å². The van der Waals surface area contributed by atoms with Gasteiger partial charge in [0.15, 0.2) is 6.10 Å². The Morgan fingerprint density at radius 2 is 1.21 bits per heavy atom. The number of rotatable bonds is 11. The second-order valence-corrected chi connectivity index (χ2v) is 11.6. The lowest BCUT2D eigenvalue weighted by atomic mass is 10.0. The molecule has 0 spiro atoms. The Balaban J connectivity index is 2.03. The Morgan fingerprint density at radius 3 is 1.71 bits per heavy atom. The highest BCUT2D eigenvalue weighted by Gasteiger charge is 2.63. The Hall–Kier alpha value is -3.04. The van der Waals surface area contributed by atoms with E-state index in [4.69, 9.17) is 28.2 Å². The molecule has 10 nitrogen and oxygen atoms in total. The average Bonchev–Trinajstić information content (AvgIpc) is 2.88. The van der Waals surface area contributed by atoms with Gasteiger partial charge in [0, 0.05) is 27.9 Å². The fourth-order valence-corrected chi connectivity index (χ4v) is 7.14. The molecule has 206 valence electrons. The van der Waals surface area contributed by atoms with Crippen LogP contribution < -0.4 is 0 Å². The minimum atomic E-state index is -4.05. The van der Waals surface area contributed by atoms with E-state index < -0.39 is 55.1 Å². The topological polar surface area (TPSA) is 124 Å². The van der Waals surface area contributed by atoms with E-state index in [2.05, 4.69) is 0 Å². The molecule has 3 rings (SSSR count). The minimum Gasteiger partial charge on any atom is -0.459 e. The molecule has 6 atom stereocenters. The Labute approximate surface area is 221 Å². The SMILES string of the molecule is CO[P@@]1(=O)[C@H](OC(C)=O)[C@H](OC(C)=O)[C@@H](OCc2ccccc2)[C@H](OC(C)=O)[C@@H]1COCc1ccccc1. The van der Waals surface area contributed by atoms with Gasteiger partial charge in [-0.2, -0.15) is 0 Å². The van der Waals surface area contributed by atoms with Crippen LogP contribution in [-0.4, -0.2) is 61.4 Å². The van der Waals surface area contributed by atoms with E-state index in [0.717, 1.165) is 25.0 Å². The molecule has 1 fully saturated rings. The molecule has 1 aliphatic heterocycles. The first-order chi connectivity index (χ1) is 18.2.